The number of hydrogen-bond donors (Lipinski definition) is 0. The van der Waals surface area contributed by atoms with Crippen molar-refractivity contribution in [1.29, 1.82) is 0 Å². The zero-order valence-electron chi connectivity index (χ0n) is 17.8. The minimum absolute atomic E-state index is 0.0834. The topological polar surface area (TPSA) is 87.0 Å². The van der Waals surface area contributed by atoms with Crippen molar-refractivity contribution in [2.24, 2.45) is 0 Å². The highest BCUT2D eigenvalue weighted by atomic mass is 16.6. The Hall–Kier alpha value is -3.42. The van der Waals surface area contributed by atoms with Crippen LogP contribution in [0.3, 0.4) is 0 Å². The maximum absolute atomic E-state index is 12.2. The molecule has 1 atom stereocenters. The highest BCUT2D eigenvalue weighted by molar-refractivity contribution is 6.16. The molecule has 2 aromatic carbocycles. The summed E-state index contributed by atoms with van der Waals surface area (Å²) in [6, 6.07) is 13.2. The fraction of sp³-hybridized carbons (Fsp3) is 0.391. The molecular weight excluding hydrogens is 396 g/mol. The van der Waals surface area contributed by atoms with E-state index in [0.29, 0.717) is 25.2 Å². The van der Waals surface area contributed by atoms with E-state index in [4.69, 9.17) is 0 Å². The Bertz CT molecular complexity index is 1020. The van der Waals surface area contributed by atoms with E-state index >= 15 is 0 Å². The first-order valence-corrected chi connectivity index (χ1v) is 10.6. The van der Waals surface area contributed by atoms with Gasteiger partial charge in [0, 0.05) is 50.3 Å². The second-order valence-electron chi connectivity index (χ2n) is 8.23. The maximum atomic E-state index is 12.2. The zero-order chi connectivity index (χ0) is 22.1. The van der Waals surface area contributed by atoms with E-state index in [9.17, 15) is 19.7 Å². The van der Waals surface area contributed by atoms with Crippen molar-refractivity contribution in [2.75, 3.05) is 34.3 Å². The quantitative estimate of drug-likeness (QED) is 0.425. The van der Waals surface area contributed by atoms with Gasteiger partial charge in [-0.1, -0.05) is 12.1 Å². The number of aryl methyl sites for hydroxylation is 1. The van der Waals surface area contributed by atoms with Crippen LogP contribution < -0.4 is 14.7 Å². The third kappa shape index (κ3) is 4.10. The van der Waals surface area contributed by atoms with E-state index in [0.717, 1.165) is 17.1 Å². The lowest BCUT2D eigenvalue weighted by atomic mass is 10.1. The molecule has 0 aliphatic carbocycles. The number of piperidine rings is 1. The van der Waals surface area contributed by atoms with Gasteiger partial charge in [0.05, 0.1) is 10.6 Å². The van der Waals surface area contributed by atoms with Crippen LogP contribution in [0.1, 0.15) is 31.7 Å². The molecular formula is C23H26N4O4. The summed E-state index contributed by atoms with van der Waals surface area (Å²) in [5.74, 6) is -0.614. The molecule has 4 rings (SSSR count). The number of amides is 2. The highest BCUT2D eigenvalue weighted by Gasteiger charge is 2.32. The van der Waals surface area contributed by atoms with Crippen molar-refractivity contribution in [1.82, 2.24) is 0 Å². The van der Waals surface area contributed by atoms with Crippen molar-refractivity contribution in [3.05, 3.63) is 58.1 Å². The zero-order valence-corrected chi connectivity index (χ0v) is 17.8. The summed E-state index contributed by atoms with van der Waals surface area (Å²) in [6.45, 7) is 6.19. The number of rotatable bonds is 4. The van der Waals surface area contributed by atoms with Gasteiger partial charge in [-0.25, -0.2) is 0 Å². The summed E-state index contributed by atoms with van der Waals surface area (Å²) in [5.41, 5.74) is 3.05. The number of carbonyl (C=O) groups excluding carboxylic acids is 2. The number of nitro benzene ring substituents is 1. The molecule has 2 saturated heterocycles. The Labute approximate surface area is 181 Å². The maximum Gasteiger partial charge on any atom is 0.294 e. The van der Waals surface area contributed by atoms with Crippen LogP contribution in [0, 0.1) is 17.0 Å². The van der Waals surface area contributed by atoms with Crippen molar-refractivity contribution in [3.8, 4) is 0 Å². The lowest BCUT2D eigenvalue weighted by Gasteiger charge is -2.42. The van der Waals surface area contributed by atoms with Crippen LogP contribution in [0.2, 0.25) is 0 Å². The molecule has 2 fully saturated rings. The first-order chi connectivity index (χ1) is 14.8. The molecule has 0 spiro atoms. The predicted octanol–water partition coefficient (Wildman–Crippen LogP) is 3.66. The number of nitrogens with zero attached hydrogens (tertiary/aromatic N) is 4. The van der Waals surface area contributed by atoms with Crippen LogP contribution in [0.25, 0.3) is 0 Å². The molecule has 2 aromatic rings. The molecule has 8 nitrogen and oxygen atoms in total. The van der Waals surface area contributed by atoms with Crippen molar-refractivity contribution < 1.29 is 14.5 Å². The van der Waals surface area contributed by atoms with Gasteiger partial charge in [0.25, 0.3) is 5.69 Å². The van der Waals surface area contributed by atoms with Gasteiger partial charge in [0.1, 0.15) is 5.69 Å². The Morgan fingerprint density at radius 1 is 1.00 bits per heavy atom. The van der Waals surface area contributed by atoms with E-state index in [1.807, 2.05) is 11.0 Å². The molecule has 8 heteroatoms. The molecule has 2 heterocycles. The Morgan fingerprint density at radius 3 is 2.39 bits per heavy atom. The Morgan fingerprint density at radius 2 is 1.74 bits per heavy atom. The minimum Gasteiger partial charge on any atom is -0.365 e. The summed E-state index contributed by atoms with van der Waals surface area (Å²) in [6.07, 6.45) is 1.08. The summed E-state index contributed by atoms with van der Waals surface area (Å²) in [4.78, 5) is 41.3. The number of hydrogen-bond acceptors (Lipinski definition) is 6. The lowest BCUT2D eigenvalue weighted by molar-refractivity contribution is -0.384. The van der Waals surface area contributed by atoms with Gasteiger partial charge in [-0.3, -0.25) is 24.6 Å². The molecule has 2 aliphatic rings. The molecule has 0 N–H and O–H groups in total. The first kappa shape index (κ1) is 20.8. The van der Waals surface area contributed by atoms with Gasteiger partial charge in [-0.2, -0.15) is 0 Å². The second kappa shape index (κ2) is 8.37. The monoisotopic (exact) mass is 422 g/mol. The van der Waals surface area contributed by atoms with Crippen LogP contribution >= 0.6 is 0 Å². The minimum atomic E-state index is -0.435. The predicted molar refractivity (Wildman–Crippen MR) is 120 cm³/mol. The van der Waals surface area contributed by atoms with Crippen LogP contribution in [-0.4, -0.2) is 42.4 Å². The average molecular weight is 422 g/mol. The molecule has 2 aliphatic heterocycles. The Kier molecular flexibility index (Phi) is 5.63. The van der Waals surface area contributed by atoms with Crippen LogP contribution in [0.15, 0.2) is 42.5 Å². The van der Waals surface area contributed by atoms with Gasteiger partial charge < -0.3 is 9.80 Å². The summed E-state index contributed by atoms with van der Waals surface area (Å²) < 4.78 is 0. The SMILES string of the molecule is Cc1cccc(N2CCN(c3ccc(N4C(=O)CCCC4=O)cc3[N+](=O)[O-])C[C@@H]2C)c1. The molecule has 0 saturated carbocycles. The lowest BCUT2D eigenvalue weighted by Crippen LogP contribution is -2.52. The molecule has 0 bridgehead atoms. The van der Waals surface area contributed by atoms with E-state index in [1.54, 1.807) is 12.1 Å². The van der Waals surface area contributed by atoms with Gasteiger partial charge in [-0.05, 0) is 50.1 Å². The summed E-state index contributed by atoms with van der Waals surface area (Å²) >= 11 is 0. The summed E-state index contributed by atoms with van der Waals surface area (Å²) in [7, 11) is 0. The number of anilines is 3. The number of imide groups is 1. The third-order valence-electron chi connectivity index (χ3n) is 6.00. The largest absolute Gasteiger partial charge is 0.365 e. The van der Waals surface area contributed by atoms with Gasteiger partial charge >= 0.3 is 0 Å². The van der Waals surface area contributed by atoms with Crippen LogP contribution in [-0.2, 0) is 9.59 Å². The first-order valence-electron chi connectivity index (χ1n) is 10.6. The molecule has 31 heavy (non-hydrogen) atoms. The van der Waals surface area contributed by atoms with E-state index in [1.165, 1.54) is 11.6 Å². The molecule has 2 amide bonds. The molecule has 0 unspecified atom stereocenters. The summed E-state index contributed by atoms with van der Waals surface area (Å²) in [5, 5.41) is 11.8. The standard InChI is InChI=1S/C23H26N4O4/c1-16-5-3-6-18(13-16)25-12-11-24(15-17(25)2)20-10-9-19(14-21(20)27(30)31)26-22(28)7-4-8-23(26)29/h3,5-6,9-10,13-14,17H,4,7-8,11-12,15H2,1-2H3/t17-/m0/s1. The smallest absolute Gasteiger partial charge is 0.294 e. The number of nitro groups is 1. The number of carbonyl (C=O) groups is 2. The fourth-order valence-corrected chi connectivity index (χ4v) is 4.47. The fourth-order valence-electron chi connectivity index (χ4n) is 4.47. The Balaban J connectivity index is 1.59. The van der Waals surface area contributed by atoms with E-state index < -0.39 is 4.92 Å². The number of piperazine rings is 1. The molecule has 0 aromatic heterocycles. The molecule has 0 radical (unpaired) electrons. The third-order valence-corrected chi connectivity index (χ3v) is 6.00. The van der Waals surface area contributed by atoms with Crippen LogP contribution in [0.4, 0.5) is 22.7 Å². The van der Waals surface area contributed by atoms with Gasteiger partial charge in [0.15, 0.2) is 0 Å². The van der Waals surface area contributed by atoms with E-state index in [2.05, 4.69) is 36.9 Å². The second-order valence-corrected chi connectivity index (χ2v) is 8.23. The van der Waals surface area contributed by atoms with Gasteiger partial charge in [0.2, 0.25) is 11.8 Å². The normalized spacial score (nSPS) is 19.7. The van der Waals surface area contributed by atoms with Crippen molar-refractivity contribution >= 4 is 34.6 Å². The van der Waals surface area contributed by atoms with Crippen molar-refractivity contribution in [3.63, 3.8) is 0 Å². The molecule has 162 valence electrons. The van der Waals surface area contributed by atoms with Crippen LogP contribution in [0.5, 0.6) is 0 Å². The average Bonchev–Trinajstić information content (AvgIpc) is 2.73. The highest BCUT2D eigenvalue weighted by Crippen LogP contribution is 2.35. The van der Waals surface area contributed by atoms with Gasteiger partial charge in [-0.15, -0.1) is 0 Å². The number of benzene rings is 2. The van der Waals surface area contributed by atoms with E-state index in [-0.39, 0.29) is 42.1 Å². The van der Waals surface area contributed by atoms with Crippen molar-refractivity contribution in [2.45, 2.75) is 39.2 Å².